The molecular formula is C11H9ClF3N3O. The third-order valence-electron chi connectivity index (χ3n) is 2.64. The van der Waals surface area contributed by atoms with Crippen LogP contribution in [0.4, 0.5) is 13.2 Å². The molecular weight excluding hydrogens is 283 g/mol. The maximum absolute atomic E-state index is 12.7. The van der Waals surface area contributed by atoms with E-state index in [2.05, 4.69) is 10.3 Å². The van der Waals surface area contributed by atoms with Crippen LogP contribution in [0.1, 0.15) is 17.0 Å². The Morgan fingerprint density at radius 3 is 2.58 bits per heavy atom. The van der Waals surface area contributed by atoms with Gasteiger partial charge in [0, 0.05) is 0 Å². The molecule has 0 amide bonds. The summed E-state index contributed by atoms with van der Waals surface area (Å²) in [7, 11) is 0. The zero-order chi connectivity index (χ0) is 14.2. The van der Waals surface area contributed by atoms with E-state index in [0.717, 1.165) is 12.1 Å². The van der Waals surface area contributed by atoms with Crippen LogP contribution >= 0.6 is 11.6 Å². The fourth-order valence-electron chi connectivity index (χ4n) is 1.61. The SMILES string of the molecule is Cc1c(CO)nnn1-c1ccc(Cl)c(C(F)(F)F)c1. The van der Waals surface area contributed by atoms with Crippen molar-refractivity contribution in [1.29, 1.82) is 0 Å². The molecule has 4 nitrogen and oxygen atoms in total. The summed E-state index contributed by atoms with van der Waals surface area (Å²) < 4.78 is 39.5. The monoisotopic (exact) mass is 291 g/mol. The van der Waals surface area contributed by atoms with Gasteiger partial charge in [0.1, 0.15) is 5.69 Å². The number of nitrogens with zero attached hydrogens (tertiary/aromatic N) is 3. The molecule has 0 atom stereocenters. The van der Waals surface area contributed by atoms with Gasteiger partial charge in [0.25, 0.3) is 0 Å². The summed E-state index contributed by atoms with van der Waals surface area (Å²) >= 11 is 5.54. The molecule has 0 saturated heterocycles. The van der Waals surface area contributed by atoms with Crippen molar-refractivity contribution in [3.8, 4) is 5.69 Å². The van der Waals surface area contributed by atoms with E-state index in [-0.39, 0.29) is 17.3 Å². The second kappa shape index (κ2) is 4.82. The van der Waals surface area contributed by atoms with Gasteiger partial charge in [-0.25, -0.2) is 4.68 Å². The molecule has 8 heteroatoms. The minimum Gasteiger partial charge on any atom is -0.390 e. The van der Waals surface area contributed by atoms with Gasteiger partial charge in [-0.1, -0.05) is 16.8 Å². The van der Waals surface area contributed by atoms with E-state index in [1.165, 1.54) is 10.7 Å². The first-order valence-electron chi connectivity index (χ1n) is 5.23. The first-order valence-corrected chi connectivity index (χ1v) is 5.61. The highest BCUT2D eigenvalue weighted by Crippen LogP contribution is 2.35. The van der Waals surface area contributed by atoms with Crippen LogP contribution in [0.3, 0.4) is 0 Å². The Labute approximate surface area is 111 Å². The van der Waals surface area contributed by atoms with Crippen molar-refractivity contribution in [3.63, 3.8) is 0 Å². The molecule has 2 aromatic rings. The van der Waals surface area contributed by atoms with Gasteiger partial charge in [0.15, 0.2) is 0 Å². The van der Waals surface area contributed by atoms with Crippen LogP contribution in [0.2, 0.25) is 5.02 Å². The Kier molecular flexibility index (Phi) is 3.51. The topological polar surface area (TPSA) is 50.9 Å². The molecule has 0 spiro atoms. The van der Waals surface area contributed by atoms with Gasteiger partial charge in [-0.3, -0.25) is 0 Å². The number of aliphatic hydroxyl groups is 1. The number of aliphatic hydroxyl groups excluding tert-OH is 1. The van der Waals surface area contributed by atoms with Crippen LogP contribution < -0.4 is 0 Å². The minimum atomic E-state index is -4.54. The van der Waals surface area contributed by atoms with E-state index in [9.17, 15) is 13.2 Å². The number of benzene rings is 1. The maximum atomic E-state index is 12.7. The predicted octanol–water partition coefficient (Wildman–Crippen LogP) is 2.74. The number of rotatable bonds is 2. The lowest BCUT2D eigenvalue weighted by Gasteiger charge is -2.11. The lowest BCUT2D eigenvalue weighted by molar-refractivity contribution is -0.137. The molecule has 102 valence electrons. The van der Waals surface area contributed by atoms with Crippen LogP contribution in [-0.4, -0.2) is 20.1 Å². The summed E-state index contributed by atoms with van der Waals surface area (Å²) in [5.41, 5.74) is 0.0231. The zero-order valence-corrected chi connectivity index (χ0v) is 10.5. The minimum absolute atomic E-state index is 0.182. The van der Waals surface area contributed by atoms with Crippen molar-refractivity contribution in [1.82, 2.24) is 15.0 Å². The lowest BCUT2D eigenvalue weighted by Crippen LogP contribution is -2.08. The summed E-state index contributed by atoms with van der Waals surface area (Å²) in [5, 5.41) is 16.0. The summed E-state index contributed by atoms with van der Waals surface area (Å²) in [6.45, 7) is 1.28. The fourth-order valence-corrected chi connectivity index (χ4v) is 1.84. The molecule has 0 aliphatic rings. The van der Waals surface area contributed by atoms with Gasteiger partial charge in [-0.15, -0.1) is 5.10 Å². The largest absolute Gasteiger partial charge is 0.417 e. The molecule has 0 radical (unpaired) electrons. The Bertz CT molecular complexity index is 610. The Morgan fingerprint density at radius 1 is 1.37 bits per heavy atom. The van der Waals surface area contributed by atoms with Crippen molar-refractivity contribution in [2.45, 2.75) is 19.7 Å². The van der Waals surface area contributed by atoms with Crippen molar-refractivity contribution in [2.75, 3.05) is 0 Å². The molecule has 0 bridgehead atoms. The molecule has 2 rings (SSSR count). The molecule has 1 aromatic carbocycles. The molecule has 1 heterocycles. The third-order valence-corrected chi connectivity index (χ3v) is 2.97. The fraction of sp³-hybridized carbons (Fsp3) is 0.273. The molecule has 0 unspecified atom stereocenters. The van der Waals surface area contributed by atoms with Gasteiger partial charge in [0.2, 0.25) is 0 Å². The number of alkyl halides is 3. The highest BCUT2D eigenvalue weighted by molar-refractivity contribution is 6.31. The van der Waals surface area contributed by atoms with Gasteiger partial charge in [0.05, 0.1) is 28.6 Å². The number of hydrogen-bond donors (Lipinski definition) is 1. The van der Waals surface area contributed by atoms with Crippen LogP contribution in [0.25, 0.3) is 5.69 Å². The Hall–Kier alpha value is -1.60. The second-order valence-corrected chi connectivity index (χ2v) is 4.26. The molecule has 19 heavy (non-hydrogen) atoms. The zero-order valence-electron chi connectivity index (χ0n) is 9.74. The smallest absolute Gasteiger partial charge is 0.390 e. The van der Waals surface area contributed by atoms with Crippen LogP contribution in [-0.2, 0) is 12.8 Å². The van der Waals surface area contributed by atoms with Gasteiger partial charge in [-0.05, 0) is 25.1 Å². The van der Waals surface area contributed by atoms with E-state index >= 15 is 0 Å². The lowest BCUT2D eigenvalue weighted by atomic mass is 10.2. The second-order valence-electron chi connectivity index (χ2n) is 3.85. The highest BCUT2D eigenvalue weighted by atomic mass is 35.5. The molecule has 0 aliphatic heterocycles. The van der Waals surface area contributed by atoms with Crippen LogP contribution in [0.15, 0.2) is 18.2 Å². The molecule has 0 saturated carbocycles. The van der Waals surface area contributed by atoms with Crippen molar-refractivity contribution < 1.29 is 18.3 Å². The number of halogens is 4. The van der Waals surface area contributed by atoms with Crippen molar-refractivity contribution >= 4 is 11.6 Å². The van der Waals surface area contributed by atoms with Crippen LogP contribution in [0.5, 0.6) is 0 Å². The Morgan fingerprint density at radius 2 is 2.05 bits per heavy atom. The van der Waals surface area contributed by atoms with Crippen molar-refractivity contribution in [3.05, 3.63) is 40.2 Å². The van der Waals surface area contributed by atoms with Gasteiger partial charge >= 0.3 is 6.18 Å². The number of aromatic nitrogens is 3. The standard InChI is InChI=1S/C11H9ClF3N3O/c1-6-10(5-19)16-17-18(6)7-2-3-9(12)8(4-7)11(13,14)15/h2-4,19H,5H2,1H3. The molecule has 1 N–H and O–H groups in total. The molecule has 0 fully saturated rings. The van der Waals surface area contributed by atoms with Crippen molar-refractivity contribution in [2.24, 2.45) is 0 Å². The number of hydrogen-bond acceptors (Lipinski definition) is 3. The maximum Gasteiger partial charge on any atom is 0.417 e. The van der Waals surface area contributed by atoms with Crippen LogP contribution in [0, 0.1) is 6.92 Å². The van der Waals surface area contributed by atoms with Gasteiger partial charge in [-0.2, -0.15) is 13.2 Å². The predicted molar refractivity (Wildman–Crippen MR) is 62.0 cm³/mol. The first-order chi connectivity index (χ1) is 8.84. The quantitative estimate of drug-likeness (QED) is 0.925. The third kappa shape index (κ3) is 2.57. The molecule has 0 aliphatic carbocycles. The summed E-state index contributed by atoms with van der Waals surface area (Å²) in [5.74, 6) is 0. The van der Waals surface area contributed by atoms with E-state index in [1.807, 2.05) is 0 Å². The summed E-state index contributed by atoms with van der Waals surface area (Å²) in [6, 6.07) is 3.45. The average Bonchev–Trinajstić information content (AvgIpc) is 2.70. The average molecular weight is 292 g/mol. The normalized spacial score (nSPS) is 11.9. The van der Waals surface area contributed by atoms with E-state index in [1.54, 1.807) is 6.92 Å². The Balaban J connectivity index is 2.55. The highest BCUT2D eigenvalue weighted by Gasteiger charge is 2.33. The summed E-state index contributed by atoms with van der Waals surface area (Å²) in [6.07, 6.45) is -4.54. The summed E-state index contributed by atoms with van der Waals surface area (Å²) in [4.78, 5) is 0. The van der Waals surface area contributed by atoms with E-state index < -0.39 is 11.7 Å². The molecule has 1 aromatic heterocycles. The van der Waals surface area contributed by atoms with Gasteiger partial charge < -0.3 is 5.11 Å². The first kappa shape index (κ1) is 13.8. The van der Waals surface area contributed by atoms with E-state index in [0.29, 0.717) is 11.4 Å². The van der Waals surface area contributed by atoms with E-state index in [4.69, 9.17) is 16.7 Å².